The first-order valence-electron chi connectivity index (χ1n) is 8.54. The smallest absolute Gasteiger partial charge is 0.344 e. The summed E-state index contributed by atoms with van der Waals surface area (Å²) in [5, 5.41) is 5.54. The number of carbonyl (C=O) groups is 1. The van der Waals surface area contributed by atoms with Crippen LogP contribution in [0.1, 0.15) is 31.2 Å². The molecule has 0 radical (unpaired) electrons. The van der Waals surface area contributed by atoms with Gasteiger partial charge in [0.25, 0.3) is 0 Å². The molecular formula is C18H24ClF3N2O. The van der Waals surface area contributed by atoms with E-state index >= 15 is 0 Å². The Morgan fingerprint density at radius 1 is 1.28 bits per heavy atom. The number of carbonyl (C=O) groups excluding carboxylic acids is 1. The lowest BCUT2D eigenvalue weighted by atomic mass is 9.67. The molecule has 2 N–H and O–H groups in total. The average molecular weight is 377 g/mol. The summed E-state index contributed by atoms with van der Waals surface area (Å²) in [5.74, 6) is -0.285. The fourth-order valence-electron chi connectivity index (χ4n) is 4.09. The molecule has 3 nitrogen and oxygen atoms in total. The zero-order chi connectivity index (χ0) is 17.2. The second-order valence-corrected chi connectivity index (χ2v) is 6.99. The monoisotopic (exact) mass is 376 g/mol. The summed E-state index contributed by atoms with van der Waals surface area (Å²) in [4.78, 5) is 12.8. The van der Waals surface area contributed by atoms with E-state index in [-0.39, 0.29) is 24.7 Å². The number of halogens is 4. The summed E-state index contributed by atoms with van der Waals surface area (Å²) in [6.45, 7) is 1.21. The number of amides is 1. The predicted molar refractivity (Wildman–Crippen MR) is 92.6 cm³/mol. The minimum atomic E-state index is -4.46. The number of hydrogen-bond donors (Lipinski definition) is 2. The van der Waals surface area contributed by atoms with Crippen molar-refractivity contribution in [2.45, 2.75) is 44.3 Å². The molecule has 1 heterocycles. The first kappa shape index (κ1) is 20.0. The maximum Gasteiger partial charge on any atom is 0.408 e. The highest BCUT2D eigenvalue weighted by atomic mass is 35.5. The van der Waals surface area contributed by atoms with Crippen molar-refractivity contribution in [1.29, 1.82) is 0 Å². The highest BCUT2D eigenvalue weighted by molar-refractivity contribution is 5.85. The summed E-state index contributed by atoms with van der Waals surface area (Å²) >= 11 is 0. The van der Waals surface area contributed by atoms with Crippen molar-refractivity contribution in [2.24, 2.45) is 11.3 Å². The molecule has 25 heavy (non-hydrogen) atoms. The normalized spacial score (nSPS) is 27.1. The highest BCUT2D eigenvalue weighted by Gasteiger charge is 2.52. The largest absolute Gasteiger partial charge is 0.408 e. The van der Waals surface area contributed by atoms with E-state index < -0.39 is 23.5 Å². The van der Waals surface area contributed by atoms with Crippen molar-refractivity contribution in [2.75, 3.05) is 13.1 Å². The van der Waals surface area contributed by atoms with Crippen LogP contribution in [-0.4, -0.2) is 31.2 Å². The first-order chi connectivity index (χ1) is 11.4. The third kappa shape index (κ3) is 4.29. The number of rotatable bonds is 4. The van der Waals surface area contributed by atoms with Gasteiger partial charge < -0.3 is 10.6 Å². The lowest BCUT2D eigenvalue weighted by Gasteiger charge is -2.38. The molecule has 0 bridgehead atoms. The molecule has 0 spiro atoms. The molecule has 1 aliphatic heterocycles. The van der Waals surface area contributed by atoms with Crippen LogP contribution in [0.25, 0.3) is 0 Å². The third-order valence-electron chi connectivity index (χ3n) is 5.47. The van der Waals surface area contributed by atoms with E-state index in [1.807, 2.05) is 0 Å². The van der Waals surface area contributed by atoms with Crippen LogP contribution in [0.4, 0.5) is 13.2 Å². The molecule has 1 saturated carbocycles. The molecule has 1 unspecified atom stereocenters. The Hall–Kier alpha value is -1.27. The molecule has 1 aromatic carbocycles. The standard InChI is InChI=1S/C18H23F3N2O.ClH/c19-18(20,21)15(10-13-6-2-1-3-7-13)23-16(24)17-9-5-4-8-14(17)11-22-12-17;/h1-3,6-7,14-15,22H,4-5,8-12H2,(H,23,24);1H/t14-,15?,17+;/m0./s1. The minimum Gasteiger partial charge on any atom is -0.344 e. The van der Waals surface area contributed by atoms with Gasteiger partial charge in [-0.25, -0.2) is 0 Å². The van der Waals surface area contributed by atoms with Crippen molar-refractivity contribution in [3.05, 3.63) is 35.9 Å². The van der Waals surface area contributed by atoms with E-state index in [2.05, 4.69) is 10.6 Å². The van der Waals surface area contributed by atoms with Crippen LogP contribution in [0.5, 0.6) is 0 Å². The van der Waals surface area contributed by atoms with Gasteiger partial charge in [0.05, 0.1) is 5.41 Å². The molecule has 0 aromatic heterocycles. The van der Waals surface area contributed by atoms with Gasteiger partial charge in [-0.1, -0.05) is 43.2 Å². The van der Waals surface area contributed by atoms with Crippen molar-refractivity contribution in [3.8, 4) is 0 Å². The fourth-order valence-corrected chi connectivity index (χ4v) is 4.09. The van der Waals surface area contributed by atoms with Crippen molar-refractivity contribution in [3.63, 3.8) is 0 Å². The molecule has 3 atom stereocenters. The Labute approximate surface area is 152 Å². The Kier molecular flexibility index (Phi) is 6.38. The molecular weight excluding hydrogens is 353 g/mol. The number of hydrogen-bond acceptors (Lipinski definition) is 2. The van der Waals surface area contributed by atoms with Crippen molar-refractivity contribution in [1.82, 2.24) is 10.6 Å². The van der Waals surface area contributed by atoms with E-state index in [0.717, 1.165) is 25.8 Å². The molecule has 1 aliphatic carbocycles. The van der Waals surface area contributed by atoms with E-state index in [4.69, 9.17) is 0 Å². The summed E-state index contributed by atoms with van der Waals surface area (Å²) in [6, 6.07) is 6.65. The second kappa shape index (κ2) is 7.96. The Bertz CT molecular complexity index is 581. The van der Waals surface area contributed by atoms with Gasteiger partial charge in [0, 0.05) is 13.0 Å². The number of nitrogens with one attached hydrogen (secondary N) is 2. The van der Waals surface area contributed by atoms with Crippen LogP contribution >= 0.6 is 12.4 Å². The molecule has 1 saturated heterocycles. The lowest BCUT2D eigenvalue weighted by Crippen LogP contribution is -2.55. The van der Waals surface area contributed by atoms with Gasteiger partial charge in [0.15, 0.2) is 0 Å². The predicted octanol–water partition coefficient (Wildman–Crippen LogP) is 3.48. The Balaban J connectivity index is 0.00000225. The maximum atomic E-state index is 13.4. The Morgan fingerprint density at radius 2 is 2.00 bits per heavy atom. The van der Waals surface area contributed by atoms with Gasteiger partial charge in [-0.05, 0) is 30.9 Å². The lowest BCUT2D eigenvalue weighted by molar-refractivity contribution is -0.166. The van der Waals surface area contributed by atoms with Crippen LogP contribution in [0.15, 0.2) is 30.3 Å². The molecule has 7 heteroatoms. The molecule has 140 valence electrons. The van der Waals surface area contributed by atoms with E-state index in [0.29, 0.717) is 18.5 Å². The zero-order valence-corrected chi connectivity index (χ0v) is 14.8. The summed E-state index contributed by atoms with van der Waals surface area (Å²) in [5.41, 5.74) is -0.0966. The molecule has 3 rings (SSSR count). The Morgan fingerprint density at radius 3 is 2.68 bits per heavy atom. The van der Waals surface area contributed by atoms with E-state index in [1.54, 1.807) is 30.3 Å². The summed E-state index contributed by atoms with van der Waals surface area (Å²) in [7, 11) is 0. The van der Waals surface area contributed by atoms with Gasteiger partial charge >= 0.3 is 6.18 Å². The second-order valence-electron chi connectivity index (χ2n) is 6.99. The zero-order valence-electron chi connectivity index (χ0n) is 13.9. The highest BCUT2D eigenvalue weighted by Crippen LogP contribution is 2.44. The summed E-state index contributed by atoms with van der Waals surface area (Å²) < 4.78 is 40.3. The minimum absolute atomic E-state index is 0. The van der Waals surface area contributed by atoms with Gasteiger partial charge in [0.2, 0.25) is 5.91 Å². The summed E-state index contributed by atoms with van der Waals surface area (Å²) in [6.07, 6.45) is -1.15. The molecule has 2 aliphatic rings. The third-order valence-corrected chi connectivity index (χ3v) is 5.47. The van der Waals surface area contributed by atoms with Crippen LogP contribution in [0, 0.1) is 11.3 Å². The van der Waals surface area contributed by atoms with Crippen LogP contribution in [-0.2, 0) is 11.2 Å². The van der Waals surface area contributed by atoms with Gasteiger partial charge in [-0.15, -0.1) is 12.4 Å². The fraction of sp³-hybridized carbons (Fsp3) is 0.611. The average Bonchev–Trinajstić information content (AvgIpc) is 2.99. The van der Waals surface area contributed by atoms with Gasteiger partial charge in [-0.3, -0.25) is 4.79 Å². The van der Waals surface area contributed by atoms with Crippen molar-refractivity contribution >= 4 is 18.3 Å². The van der Waals surface area contributed by atoms with Crippen LogP contribution in [0.3, 0.4) is 0 Å². The topological polar surface area (TPSA) is 41.1 Å². The van der Waals surface area contributed by atoms with E-state index in [9.17, 15) is 18.0 Å². The van der Waals surface area contributed by atoms with Gasteiger partial charge in [-0.2, -0.15) is 13.2 Å². The first-order valence-corrected chi connectivity index (χ1v) is 8.54. The molecule has 1 amide bonds. The van der Waals surface area contributed by atoms with Crippen molar-refractivity contribution < 1.29 is 18.0 Å². The maximum absolute atomic E-state index is 13.4. The number of benzene rings is 1. The molecule has 2 fully saturated rings. The van der Waals surface area contributed by atoms with E-state index in [1.165, 1.54) is 0 Å². The van der Waals surface area contributed by atoms with Gasteiger partial charge in [0.1, 0.15) is 6.04 Å². The SMILES string of the molecule is Cl.O=C(NC(Cc1ccccc1)C(F)(F)F)[C@@]12CCCC[C@H]1CNC2. The number of alkyl halides is 3. The van der Waals surface area contributed by atoms with Crippen LogP contribution in [0.2, 0.25) is 0 Å². The molecule has 1 aromatic rings. The van der Waals surface area contributed by atoms with Crippen LogP contribution < -0.4 is 10.6 Å². The quantitative estimate of drug-likeness (QED) is 0.844. The number of fused-ring (bicyclic) bond motifs is 1.